The Hall–Kier alpha value is -4.05. The quantitative estimate of drug-likeness (QED) is 0.362. The van der Waals surface area contributed by atoms with Crippen LogP contribution in [0.25, 0.3) is 22.4 Å². The highest BCUT2D eigenvalue weighted by atomic mass is 32.2. The molecule has 0 saturated carbocycles. The zero-order chi connectivity index (χ0) is 24.7. The Morgan fingerprint density at radius 2 is 1.74 bits per heavy atom. The van der Waals surface area contributed by atoms with Crippen molar-refractivity contribution in [1.29, 1.82) is 0 Å². The van der Waals surface area contributed by atoms with E-state index in [0.29, 0.717) is 27.5 Å². The van der Waals surface area contributed by atoms with Crippen LogP contribution in [0, 0.1) is 25.5 Å². The van der Waals surface area contributed by atoms with Gasteiger partial charge in [0.1, 0.15) is 17.3 Å². The highest BCUT2D eigenvalue weighted by Gasteiger charge is 2.20. The maximum Gasteiger partial charge on any atom is 0.267 e. The number of benzene rings is 3. The molecule has 0 unspecified atom stereocenters. The normalized spacial score (nSPS) is 11.3. The van der Waals surface area contributed by atoms with Gasteiger partial charge in [0.05, 0.1) is 22.3 Å². The second-order valence-electron chi connectivity index (χ2n) is 8.00. The van der Waals surface area contributed by atoms with E-state index in [9.17, 15) is 18.4 Å². The molecule has 176 valence electrons. The van der Waals surface area contributed by atoms with E-state index in [1.54, 1.807) is 28.7 Å². The van der Waals surface area contributed by atoms with E-state index in [2.05, 4.69) is 15.5 Å². The topological polar surface area (TPSA) is 81.3 Å². The number of nitrogens with zero attached hydrogens (tertiary/aromatic N) is 4. The van der Waals surface area contributed by atoms with Gasteiger partial charge >= 0.3 is 0 Å². The third-order valence-corrected chi connectivity index (χ3v) is 6.49. The van der Waals surface area contributed by atoms with Crippen LogP contribution in [0.3, 0.4) is 0 Å². The van der Waals surface area contributed by atoms with Gasteiger partial charge in [-0.1, -0.05) is 42.1 Å². The largest absolute Gasteiger partial charge is 0.320 e. The molecule has 0 spiro atoms. The summed E-state index contributed by atoms with van der Waals surface area (Å²) >= 11 is 1.04. The summed E-state index contributed by atoms with van der Waals surface area (Å²) in [6.07, 6.45) is 0. The molecule has 0 aliphatic carbocycles. The van der Waals surface area contributed by atoms with Crippen LogP contribution in [0.1, 0.15) is 11.1 Å². The fourth-order valence-corrected chi connectivity index (χ4v) is 4.61. The van der Waals surface area contributed by atoms with Gasteiger partial charge in [0.2, 0.25) is 11.7 Å². The van der Waals surface area contributed by atoms with Gasteiger partial charge in [-0.05, 0) is 55.3 Å². The minimum absolute atomic E-state index is 0.175. The van der Waals surface area contributed by atoms with Gasteiger partial charge in [-0.3, -0.25) is 14.0 Å². The number of anilines is 1. The van der Waals surface area contributed by atoms with Crippen LogP contribution in [0.4, 0.5) is 14.5 Å². The van der Waals surface area contributed by atoms with Crippen LogP contribution < -0.4 is 10.9 Å². The lowest BCUT2D eigenvalue weighted by Crippen LogP contribution is -2.22. The second kappa shape index (κ2) is 8.95. The fraction of sp³-hybridized carbons (Fsp3) is 0.120. The molecule has 0 saturated heterocycles. The van der Waals surface area contributed by atoms with Crippen LogP contribution in [0.5, 0.6) is 0 Å². The van der Waals surface area contributed by atoms with Gasteiger partial charge in [-0.15, -0.1) is 10.2 Å². The number of hydrogen-bond acceptors (Lipinski definition) is 5. The number of thioether (sulfide) groups is 1. The molecule has 10 heteroatoms. The minimum Gasteiger partial charge on any atom is -0.320 e. The number of para-hydroxylation sites is 2. The number of hydrogen-bond donors (Lipinski definition) is 1. The lowest BCUT2D eigenvalue weighted by Gasteiger charge is -2.14. The molecule has 2 aromatic heterocycles. The summed E-state index contributed by atoms with van der Waals surface area (Å²) in [5.74, 6) is -2.21. The average molecular weight is 492 g/mol. The Labute approximate surface area is 202 Å². The summed E-state index contributed by atoms with van der Waals surface area (Å²) in [5.41, 5.74) is 2.40. The molecule has 0 aliphatic heterocycles. The molecule has 0 fully saturated rings. The standard InChI is InChI=1S/C25H19F2N5O2S/c1-14-10-11-15(2)20(12-14)31-23(34)16-6-3-4-9-19(16)32-24(31)29-30-25(32)35-13-21(33)28-22-17(26)7-5-8-18(22)27/h3-12H,13H2,1-2H3,(H,28,33). The third-order valence-electron chi connectivity index (χ3n) is 5.56. The van der Waals surface area contributed by atoms with Gasteiger partial charge in [-0.2, -0.15) is 0 Å². The SMILES string of the molecule is Cc1ccc(C)c(-n2c(=O)c3ccccc3n3c(SCC(=O)Nc4c(F)cccc4F)nnc23)c1. The lowest BCUT2D eigenvalue weighted by atomic mass is 10.1. The van der Waals surface area contributed by atoms with Gasteiger partial charge in [-0.25, -0.2) is 13.3 Å². The van der Waals surface area contributed by atoms with E-state index in [4.69, 9.17) is 0 Å². The molecular weight excluding hydrogens is 472 g/mol. The van der Waals surface area contributed by atoms with Crippen molar-refractivity contribution < 1.29 is 13.6 Å². The number of fused-ring (bicyclic) bond motifs is 3. The maximum absolute atomic E-state index is 13.9. The summed E-state index contributed by atoms with van der Waals surface area (Å²) in [5, 5.41) is 11.6. The van der Waals surface area contributed by atoms with Crippen molar-refractivity contribution in [3.63, 3.8) is 0 Å². The molecule has 0 aliphatic rings. The van der Waals surface area contributed by atoms with Crippen molar-refractivity contribution in [3.05, 3.63) is 93.8 Å². The number of carbonyl (C=O) groups is 1. The Kier molecular flexibility index (Phi) is 5.81. The molecule has 5 rings (SSSR count). The Balaban J connectivity index is 1.58. The predicted octanol–water partition coefficient (Wildman–Crippen LogP) is 4.66. The van der Waals surface area contributed by atoms with Crippen molar-refractivity contribution in [3.8, 4) is 5.69 Å². The van der Waals surface area contributed by atoms with Gasteiger partial charge in [0.25, 0.3) is 5.56 Å². The van der Waals surface area contributed by atoms with Crippen molar-refractivity contribution in [2.45, 2.75) is 19.0 Å². The molecule has 1 amide bonds. The number of carbonyl (C=O) groups excluding carboxylic acids is 1. The van der Waals surface area contributed by atoms with Crippen LogP contribution in [0.2, 0.25) is 0 Å². The average Bonchev–Trinajstić information content (AvgIpc) is 3.26. The van der Waals surface area contributed by atoms with Gasteiger partial charge in [0.15, 0.2) is 5.16 Å². The third kappa shape index (κ3) is 4.06. The second-order valence-corrected chi connectivity index (χ2v) is 8.94. The highest BCUT2D eigenvalue weighted by molar-refractivity contribution is 7.99. The highest BCUT2D eigenvalue weighted by Crippen LogP contribution is 2.25. The van der Waals surface area contributed by atoms with Gasteiger partial charge < -0.3 is 5.32 Å². The lowest BCUT2D eigenvalue weighted by molar-refractivity contribution is -0.113. The molecule has 35 heavy (non-hydrogen) atoms. The zero-order valence-corrected chi connectivity index (χ0v) is 19.6. The van der Waals surface area contributed by atoms with E-state index >= 15 is 0 Å². The maximum atomic E-state index is 13.9. The van der Waals surface area contributed by atoms with Crippen LogP contribution in [0.15, 0.2) is 70.6 Å². The first-order valence-electron chi connectivity index (χ1n) is 10.7. The zero-order valence-electron chi connectivity index (χ0n) is 18.8. The monoisotopic (exact) mass is 491 g/mol. The molecular formula is C25H19F2N5O2S. The Morgan fingerprint density at radius 1 is 1.00 bits per heavy atom. The smallest absolute Gasteiger partial charge is 0.267 e. The van der Waals surface area contributed by atoms with Crippen LogP contribution >= 0.6 is 11.8 Å². The first kappa shape index (κ1) is 22.7. The Bertz CT molecular complexity index is 1660. The molecule has 5 aromatic rings. The van der Waals surface area contributed by atoms with Crippen LogP contribution in [-0.2, 0) is 4.79 Å². The number of amides is 1. The summed E-state index contributed by atoms with van der Waals surface area (Å²) in [7, 11) is 0. The van der Waals surface area contributed by atoms with E-state index in [1.807, 2.05) is 32.0 Å². The molecule has 0 radical (unpaired) electrons. The number of halogens is 2. The van der Waals surface area contributed by atoms with E-state index < -0.39 is 23.2 Å². The van der Waals surface area contributed by atoms with Crippen LogP contribution in [-0.4, -0.2) is 30.8 Å². The molecule has 0 bridgehead atoms. The molecule has 2 heterocycles. The number of aromatic nitrogens is 4. The number of rotatable bonds is 5. The molecule has 7 nitrogen and oxygen atoms in total. The summed E-state index contributed by atoms with van der Waals surface area (Å²) in [6.45, 7) is 3.85. The van der Waals surface area contributed by atoms with Gasteiger partial charge in [0, 0.05) is 0 Å². The molecule has 3 aromatic carbocycles. The van der Waals surface area contributed by atoms with E-state index in [1.165, 1.54) is 10.6 Å². The number of nitrogens with one attached hydrogen (secondary N) is 1. The summed E-state index contributed by atoms with van der Waals surface area (Å²) in [6, 6.07) is 16.2. The number of aryl methyl sites for hydroxylation is 2. The van der Waals surface area contributed by atoms with Crippen molar-refractivity contribution in [1.82, 2.24) is 19.2 Å². The van der Waals surface area contributed by atoms with E-state index in [0.717, 1.165) is 35.0 Å². The van der Waals surface area contributed by atoms with Crippen molar-refractivity contribution in [2.75, 3.05) is 11.1 Å². The van der Waals surface area contributed by atoms with Crippen molar-refractivity contribution >= 4 is 40.0 Å². The van der Waals surface area contributed by atoms with Crippen molar-refractivity contribution in [2.24, 2.45) is 0 Å². The van der Waals surface area contributed by atoms with E-state index in [-0.39, 0.29) is 11.3 Å². The molecule has 1 N–H and O–H groups in total. The Morgan fingerprint density at radius 3 is 2.51 bits per heavy atom. The summed E-state index contributed by atoms with van der Waals surface area (Å²) < 4.78 is 31.0. The summed E-state index contributed by atoms with van der Waals surface area (Å²) in [4.78, 5) is 25.9. The molecule has 0 atom stereocenters. The predicted molar refractivity (Wildman–Crippen MR) is 131 cm³/mol. The fourth-order valence-electron chi connectivity index (χ4n) is 3.87. The minimum atomic E-state index is -0.861. The first-order chi connectivity index (χ1) is 16.8. The first-order valence-corrected chi connectivity index (χ1v) is 11.7.